The van der Waals surface area contributed by atoms with E-state index >= 15 is 0 Å². The Labute approximate surface area is 220 Å². The summed E-state index contributed by atoms with van der Waals surface area (Å²) in [6.07, 6.45) is 0. The van der Waals surface area contributed by atoms with Crippen LogP contribution in [0.4, 0.5) is 11.4 Å². The Bertz CT molecular complexity index is 1650. The molecule has 0 bridgehead atoms. The molecule has 0 saturated heterocycles. The van der Waals surface area contributed by atoms with Gasteiger partial charge in [0.2, 0.25) is 0 Å². The lowest BCUT2D eigenvalue weighted by atomic mass is 9.66. The van der Waals surface area contributed by atoms with E-state index in [9.17, 15) is 0 Å². The summed E-state index contributed by atoms with van der Waals surface area (Å²) in [5.41, 5.74) is 29.0. The highest BCUT2D eigenvalue weighted by Crippen LogP contribution is 2.58. The van der Waals surface area contributed by atoms with Gasteiger partial charge in [-0.25, -0.2) is 0 Å². The van der Waals surface area contributed by atoms with E-state index in [1.165, 1.54) is 55.3 Å². The molecule has 0 aromatic heterocycles. The molecule has 2 heteroatoms. The van der Waals surface area contributed by atoms with Crippen molar-refractivity contribution in [2.75, 3.05) is 11.5 Å². The van der Waals surface area contributed by atoms with Gasteiger partial charge >= 0.3 is 0 Å². The van der Waals surface area contributed by atoms with E-state index in [4.69, 9.17) is 11.5 Å². The van der Waals surface area contributed by atoms with Gasteiger partial charge in [-0.3, -0.25) is 0 Å². The average Bonchev–Trinajstić information content (AvgIpc) is 3.13. The molecule has 2 nitrogen and oxygen atoms in total. The van der Waals surface area contributed by atoms with Gasteiger partial charge in [-0.15, -0.1) is 0 Å². The van der Waals surface area contributed by atoms with Crippen molar-refractivity contribution in [2.24, 2.45) is 0 Å². The van der Waals surface area contributed by atoms with Crippen LogP contribution >= 0.6 is 0 Å². The largest absolute Gasteiger partial charge is 0.398 e. The van der Waals surface area contributed by atoms with Crippen LogP contribution in [-0.2, 0) is 5.41 Å². The van der Waals surface area contributed by atoms with Crippen molar-refractivity contribution in [3.05, 3.63) is 128 Å². The fourth-order valence-corrected chi connectivity index (χ4v) is 6.44. The number of fused-ring (bicyclic) bond motifs is 4. The number of rotatable bonds is 2. The summed E-state index contributed by atoms with van der Waals surface area (Å²) in [5, 5.41) is 2.51. The van der Waals surface area contributed by atoms with Crippen LogP contribution in [-0.4, -0.2) is 0 Å². The molecule has 1 aliphatic carbocycles. The lowest BCUT2D eigenvalue weighted by Gasteiger charge is -2.36. The van der Waals surface area contributed by atoms with Crippen molar-refractivity contribution >= 4 is 22.1 Å². The van der Waals surface area contributed by atoms with Gasteiger partial charge < -0.3 is 11.5 Å². The molecular formula is C35H34N2. The number of benzene rings is 5. The topological polar surface area (TPSA) is 52.0 Å². The Hall–Kier alpha value is -4.04. The molecular weight excluding hydrogens is 448 g/mol. The summed E-state index contributed by atoms with van der Waals surface area (Å²) in [4.78, 5) is 0. The van der Waals surface area contributed by atoms with Gasteiger partial charge in [-0.2, -0.15) is 0 Å². The van der Waals surface area contributed by atoms with Crippen LogP contribution in [0.15, 0.2) is 72.8 Å². The molecule has 0 heterocycles. The molecule has 0 atom stereocenters. The monoisotopic (exact) mass is 482 g/mol. The Morgan fingerprint density at radius 3 is 1.38 bits per heavy atom. The highest BCUT2D eigenvalue weighted by atomic mass is 14.6. The minimum Gasteiger partial charge on any atom is -0.398 e. The Morgan fingerprint density at radius 1 is 0.459 bits per heavy atom. The SMILES string of the molecule is Cc1cc2c(cc1C)C(c1cc(C)c(N)c(C)c1)(c1cc(C)c(N)c(C)c1)c1cc3ccccc3cc1-2. The predicted octanol–water partition coefficient (Wildman–Crippen LogP) is 8.22. The Kier molecular flexibility index (Phi) is 5.04. The number of nitrogen functional groups attached to an aromatic ring is 2. The van der Waals surface area contributed by atoms with Crippen molar-refractivity contribution in [1.29, 1.82) is 0 Å². The zero-order valence-electron chi connectivity index (χ0n) is 22.6. The van der Waals surface area contributed by atoms with E-state index in [1.807, 2.05) is 0 Å². The number of aryl methyl sites for hydroxylation is 6. The predicted molar refractivity (Wildman–Crippen MR) is 158 cm³/mol. The first kappa shape index (κ1) is 23.4. The van der Waals surface area contributed by atoms with Crippen LogP contribution in [0, 0.1) is 41.5 Å². The molecule has 0 unspecified atom stereocenters. The lowest BCUT2D eigenvalue weighted by molar-refractivity contribution is 0.764. The van der Waals surface area contributed by atoms with Gasteiger partial charge in [-0.05, 0) is 131 Å². The highest BCUT2D eigenvalue weighted by Gasteiger charge is 2.47. The van der Waals surface area contributed by atoms with Crippen LogP contribution in [0.2, 0.25) is 0 Å². The van der Waals surface area contributed by atoms with Crippen molar-refractivity contribution in [3.8, 4) is 11.1 Å². The Morgan fingerprint density at radius 2 is 0.865 bits per heavy atom. The maximum Gasteiger partial charge on any atom is 0.0714 e. The van der Waals surface area contributed by atoms with Crippen molar-refractivity contribution < 1.29 is 0 Å². The lowest BCUT2D eigenvalue weighted by Crippen LogP contribution is -2.29. The molecule has 0 aliphatic heterocycles. The van der Waals surface area contributed by atoms with Crippen LogP contribution in [0.1, 0.15) is 55.6 Å². The summed E-state index contributed by atoms with van der Waals surface area (Å²) in [7, 11) is 0. The van der Waals surface area contributed by atoms with Gasteiger partial charge in [0, 0.05) is 11.4 Å². The number of hydrogen-bond donors (Lipinski definition) is 2. The summed E-state index contributed by atoms with van der Waals surface area (Å²) < 4.78 is 0. The van der Waals surface area contributed by atoms with Crippen molar-refractivity contribution in [2.45, 2.75) is 47.0 Å². The first-order valence-electron chi connectivity index (χ1n) is 13.0. The zero-order valence-corrected chi connectivity index (χ0v) is 22.6. The second kappa shape index (κ2) is 7.98. The van der Waals surface area contributed by atoms with Crippen LogP contribution in [0.25, 0.3) is 21.9 Å². The van der Waals surface area contributed by atoms with Gasteiger partial charge in [0.15, 0.2) is 0 Å². The molecule has 4 N–H and O–H groups in total. The van der Waals surface area contributed by atoms with E-state index in [2.05, 4.69) is 114 Å². The zero-order chi connectivity index (χ0) is 26.2. The first-order valence-corrected chi connectivity index (χ1v) is 13.0. The smallest absolute Gasteiger partial charge is 0.0714 e. The minimum atomic E-state index is -0.487. The standard InChI is InChI=1S/C35H34N2/c1-19-15-29-30-17-25-9-7-8-10-26(25)18-32(30)35(31(29)16-20(19)2,27-11-21(3)33(36)22(4)12-27)28-13-23(5)34(37)24(6)14-28/h7-18H,36-37H2,1-6H3. The molecule has 5 aromatic carbocycles. The van der Waals surface area contributed by atoms with Gasteiger partial charge in [0.05, 0.1) is 5.41 Å². The average molecular weight is 483 g/mol. The number of hydrogen-bond acceptors (Lipinski definition) is 2. The second-order valence-corrected chi connectivity index (χ2v) is 11.0. The van der Waals surface area contributed by atoms with Gasteiger partial charge in [0.1, 0.15) is 0 Å². The molecule has 0 saturated carbocycles. The summed E-state index contributed by atoms with van der Waals surface area (Å²) in [5.74, 6) is 0. The Balaban J connectivity index is 1.88. The molecule has 0 fully saturated rings. The molecule has 0 amide bonds. The summed E-state index contributed by atoms with van der Waals surface area (Å²) in [6, 6.07) is 27.5. The molecule has 184 valence electrons. The molecule has 37 heavy (non-hydrogen) atoms. The molecule has 0 radical (unpaired) electrons. The number of nitrogens with two attached hydrogens (primary N) is 2. The van der Waals surface area contributed by atoms with E-state index < -0.39 is 5.41 Å². The summed E-state index contributed by atoms with van der Waals surface area (Å²) >= 11 is 0. The second-order valence-electron chi connectivity index (χ2n) is 11.0. The highest BCUT2D eigenvalue weighted by molar-refractivity contribution is 5.96. The molecule has 1 aliphatic rings. The van der Waals surface area contributed by atoms with E-state index in [0.29, 0.717) is 0 Å². The maximum absolute atomic E-state index is 6.49. The molecule has 6 rings (SSSR count). The van der Waals surface area contributed by atoms with Crippen LogP contribution in [0.3, 0.4) is 0 Å². The van der Waals surface area contributed by atoms with Crippen LogP contribution in [0.5, 0.6) is 0 Å². The summed E-state index contributed by atoms with van der Waals surface area (Å²) in [6.45, 7) is 12.9. The third-order valence-corrected chi connectivity index (χ3v) is 8.67. The van der Waals surface area contributed by atoms with Gasteiger partial charge in [-0.1, -0.05) is 60.7 Å². The number of anilines is 2. The molecule has 5 aromatic rings. The van der Waals surface area contributed by atoms with E-state index in [0.717, 1.165) is 33.6 Å². The fourth-order valence-electron chi connectivity index (χ4n) is 6.44. The first-order chi connectivity index (χ1) is 17.6. The van der Waals surface area contributed by atoms with Crippen LogP contribution < -0.4 is 11.5 Å². The third-order valence-electron chi connectivity index (χ3n) is 8.67. The van der Waals surface area contributed by atoms with Gasteiger partial charge in [0.25, 0.3) is 0 Å². The third kappa shape index (κ3) is 3.18. The normalized spacial score (nSPS) is 13.6. The van der Waals surface area contributed by atoms with Crippen molar-refractivity contribution in [1.82, 2.24) is 0 Å². The minimum absolute atomic E-state index is 0.487. The molecule has 0 spiro atoms. The fraction of sp³-hybridized carbons (Fsp3) is 0.200. The quantitative estimate of drug-likeness (QED) is 0.244. The van der Waals surface area contributed by atoms with Crippen molar-refractivity contribution in [3.63, 3.8) is 0 Å². The van der Waals surface area contributed by atoms with E-state index in [1.54, 1.807) is 0 Å². The maximum atomic E-state index is 6.49. The van der Waals surface area contributed by atoms with E-state index in [-0.39, 0.29) is 0 Å².